The van der Waals surface area contributed by atoms with Gasteiger partial charge in [-0.15, -0.1) is 0 Å². The number of hydrogen-bond acceptors (Lipinski definition) is 13. The number of carbonyl (C=O) groups excluding carboxylic acids is 2. The van der Waals surface area contributed by atoms with E-state index < -0.39 is 42.1 Å². The van der Waals surface area contributed by atoms with Crippen LogP contribution in [0.5, 0.6) is 5.75 Å². The number of primary amides is 1. The lowest BCUT2D eigenvalue weighted by molar-refractivity contribution is -0.118. The van der Waals surface area contributed by atoms with E-state index in [0.717, 1.165) is 55.9 Å². The fourth-order valence-corrected chi connectivity index (χ4v) is 8.20. The maximum atomic E-state index is 14.9. The molecule has 4 N–H and O–H groups in total. The number of nitrogens with two attached hydrogens (primary N) is 1. The molecule has 9 rings (SSSR count). The van der Waals surface area contributed by atoms with Gasteiger partial charge in [0.15, 0.2) is 17.5 Å². The Kier molecular flexibility index (Phi) is 13.4. The average molecular weight is 914 g/mol. The summed E-state index contributed by atoms with van der Waals surface area (Å²) < 4.78 is 70.5. The molecule has 3 aliphatic heterocycles. The summed E-state index contributed by atoms with van der Waals surface area (Å²) in [6.07, 6.45) is 0.857. The smallest absolute Gasteiger partial charge is 0.416 e. The van der Waals surface area contributed by atoms with Gasteiger partial charge in [0.2, 0.25) is 11.9 Å². The predicted molar refractivity (Wildman–Crippen MR) is 240 cm³/mol. The number of rotatable bonds is 12. The largest absolute Gasteiger partial charge is 0.491 e. The molecular weight excluding hydrogens is 863 g/mol. The fraction of sp³-hybridized carbons (Fsp3) is 0.400. The quantitative estimate of drug-likeness (QED) is 0.110. The molecule has 17 nitrogen and oxygen atoms in total. The van der Waals surface area contributed by atoms with Gasteiger partial charge in [0.25, 0.3) is 6.43 Å². The van der Waals surface area contributed by atoms with Gasteiger partial charge in [-0.05, 0) is 70.1 Å². The number of benzene rings is 2. The second-order valence-electron chi connectivity index (χ2n) is 16.5. The summed E-state index contributed by atoms with van der Waals surface area (Å²) in [6.45, 7) is 16.2. The third-order valence-electron chi connectivity index (χ3n) is 11.7. The molecule has 2 aromatic carbocycles. The van der Waals surface area contributed by atoms with E-state index in [9.17, 15) is 27.2 Å². The van der Waals surface area contributed by atoms with Crippen molar-refractivity contribution in [3.63, 3.8) is 0 Å². The molecule has 66 heavy (non-hydrogen) atoms. The lowest BCUT2D eigenvalue weighted by atomic mass is 10.1. The Hall–Kier alpha value is -6.87. The van der Waals surface area contributed by atoms with Crippen LogP contribution in [0.4, 0.5) is 45.6 Å². The number of anilines is 4. The zero-order valence-corrected chi connectivity index (χ0v) is 37.1. The predicted octanol–water partition coefficient (Wildman–Crippen LogP) is 6.76. The minimum atomic E-state index is -2.75. The van der Waals surface area contributed by atoms with E-state index >= 15 is 0 Å². The number of alkyl halides is 2. The van der Waals surface area contributed by atoms with E-state index in [1.807, 2.05) is 43.7 Å². The molecule has 21 heteroatoms. The van der Waals surface area contributed by atoms with Crippen LogP contribution >= 0.6 is 0 Å². The molecule has 6 aromatic rings. The summed E-state index contributed by atoms with van der Waals surface area (Å²) >= 11 is 0. The van der Waals surface area contributed by atoms with Crippen molar-refractivity contribution in [3.8, 4) is 28.4 Å². The van der Waals surface area contributed by atoms with E-state index in [4.69, 9.17) is 15.2 Å². The molecule has 2 amide bonds. The second kappa shape index (κ2) is 19.3. The van der Waals surface area contributed by atoms with Crippen LogP contribution in [0.3, 0.4) is 0 Å². The molecule has 0 radical (unpaired) electrons. The minimum absolute atomic E-state index is 0.00954. The number of fused-ring (bicyclic) bond motifs is 4. The maximum Gasteiger partial charge on any atom is 0.416 e. The second-order valence-corrected chi connectivity index (χ2v) is 16.5. The van der Waals surface area contributed by atoms with Gasteiger partial charge in [0.05, 0.1) is 23.8 Å². The molecule has 0 saturated carbocycles. The molecule has 2 unspecified atom stereocenters. The van der Waals surface area contributed by atoms with Gasteiger partial charge in [-0.3, -0.25) is 9.69 Å². The number of nitrogens with one attached hydrogen (secondary N) is 2. The highest BCUT2D eigenvalue weighted by atomic mass is 19.3. The number of hydrogen-bond donors (Lipinski definition) is 3. The first kappa shape index (κ1) is 45.7. The standard InChI is InChI=1S/C27H32F2N8.C18H19F2N5O4/c1-5-35-8-10-36(11-9-35)16-19-6-7-24(30-14-19)33-27-31-15-22(29)25(34-27)20-12-21(28)26-23(13-20)37(17(2)3)18(4)32-26;1-9(16(21)26)22-10-2-3-11-13(6-10)28-5-4-24-7-14(23-17(11)24)25-12(15(19)20)8-29-18(25)27/h6-7,12-15,17H,5,8-11,16H2,1-4H3,(H,30,31,33,34);2-3,6-7,9,12,15,22H,4-5,8H2,1H3,(H2,21,26). The number of pyridine rings is 1. The molecule has 2 saturated heterocycles. The molecule has 3 aliphatic rings. The number of imidazole rings is 2. The number of aromatic nitrogens is 7. The van der Waals surface area contributed by atoms with Crippen LogP contribution in [-0.2, 0) is 22.6 Å². The molecule has 0 spiro atoms. The zero-order valence-electron chi connectivity index (χ0n) is 37.1. The van der Waals surface area contributed by atoms with E-state index in [-0.39, 0.29) is 35.6 Å². The normalized spacial score (nSPS) is 16.9. The minimum Gasteiger partial charge on any atom is -0.491 e. The van der Waals surface area contributed by atoms with Gasteiger partial charge in [0, 0.05) is 68.5 Å². The van der Waals surface area contributed by atoms with E-state index in [1.54, 1.807) is 35.8 Å². The monoisotopic (exact) mass is 913 g/mol. The molecule has 7 heterocycles. The Balaban J connectivity index is 0.000000185. The average Bonchev–Trinajstić information content (AvgIpc) is 3.96. The van der Waals surface area contributed by atoms with Crippen molar-refractivity contribution in [2.75, 3.05) is 61.5 Å². The Morgan fingerprint density at radius 3 is 2.39 bits per heavy atom. The van der Waals surface area contributed by atoms with Crippen LogP contribution in [0.1, 0.15) is 45.1 Å². The van der Waals surface area contributed by atoms with Gasteiger partial charge in [-0.2, -0.15) is 0 Å². The Morgan fingerprint density at radius 2 is 1.70 bits per heavy atom. The number of nitrogens with zero attached hydrogens (tertiary/aromatic N) is 10. The third kappa shape index (κ3) is 9.71. The van der Waals surface area contributed by atoms with Gasteiger partial charge in [0.1, 0.15) is 59.7 Å². The van der Waals surface area contributed by atoms with Crippen molar-refractivity contribution in [1.29, 1.82) is 0 Å². The Morgan fingerprint density at radius 1 is 0.924 bits per heavy atom. The number of aryl methyl sites for hydroxylation is 1. The first-order chi connectivity index (χ1) is 31.7. The summed E-state index contributed by atoms with van der Waals surface area (Å²) in [5, 5.41) is 6.01. The van der Waals surface area contributed by atoms with Crippen LogP contribution < -0.4 is 26.0 Å². The van der Waals surface area contributed by atoms with E-state index in [2.05, 4.69) is 52.3 Å². The maximum absolute atomic E-state index is 14.9. The van der Waals surface area contributed by atoms with Gasteiger partial charge in [-0.1, -0.05) is 13.0 Å². The summed E-state index contributed by atoms with van der Waals surface area (Å²) in [4.78, 5) is 50.7. The fourth-order valence-electron chi connectivity index (χ4n) is 8.20. The number of halogens is 4. The zero-order chi connectivity index (χ0) is 46.8. The number of likely N-dealkylation sites (N-methyl/N-ethyl adjacent to an activating group) is 1. The van der Waals surface area contributed by atoms with Crippen molar-refractivity contribution < 1.29 is 36.6 Å². The molecule has 0 aliphatic carbocycles. The molecule has 2 atom stereocenters. The van der Waals surface area contributed by atoms with E-state index in [1.165, 1.54) is 12.3 Å². The van der Waals surface area contributed by atoms with Crippen molar-refractivity contribution in [2.45, 2.75) is 72.3 Å². The highest BCUT2D eigenvalue weighted by Crippen LogP contribution is 2.37. The van der Waals surface area contributed by atoms with Crippen LogP contribution in [0.15, 0.2) is 61.1 Å². The first-order valence-electron chi connectivity index (χ1n) is 21.7. The number of amides is 2. The van der Waals surface area contributed by atoms with Crippen molar-refractivity contribution in [2.24, 2.45) is 5.73 Å². The molecule has 348 valence electrons. The third-order valence-corrected chi connectivity index (χ3v) is 11.7. The van der Waals surface area contributed by atoms with E-state index in [0.29, 0.717) is 58.7 Å². The highest BCUT2D eigenvalue weighted by Gasteiger charge is 2.42. The Bertz CT molecular complexity index is 2720. The van der Waals surface area contributed by atoms with Crippen molar-refractivity contribution in [1.82, 2.24) is 43.9 Å². The van der Waals surface area contributed by atoms with Gasteiger partial charge >= 0.3 is 6.09 Å². The van der Waals surface area contributed by atoms with Gasteiger partial charge < -0.3 is 39.9 Å². The molecular formula is C45H51F4N13O4. The van der Waals surface area contributed by atoms with Gasteiger partial charge in [-0.25, -0.2) is 52.2 Å². The number of carbonyl (C=O) groups is 2. The number of ether oxygens (including phenoxy) is 2. The molecule has 0 bridgehead atoms. The van der Waals surface area contributed by atoms with Crippen LogP contribution in [0, 0.1) is 18.6 Å². The highest BCUT2D eigenvalue weighted by molar-refractivity contribution is 5.90. The summed E-state index contributed by atoms with van der Waals surface area (Å²) in [5.74, 6) is 0.876. The summed E-state index contributed by atoms with van der Waals surface area (Å²) in [6, 6.07) is 10.2. The first-order valence-corrected chi connectivity index (χ1v) is 21.7. The lowest BCUT2D eigenvalue weighted by Crippen LogP contribution is -2.45. The summed E-state index contributed by atoms with van der Waals surface area (Å²) in [7, 11) is 0. The number of piperazine rings is 1. The molecule has 4 aromatic heterocycles. The lowest BCUT2D eigenvalue weighted by Gasteiger charge is -2.33. The van der Waals surface area contributed by atoms with Crippen LogP contribution in [-0.4, -0.2) is 120 Å². The summed E-state index contributed by atoms with van der Waals surface area (Å²) in [5.41, 5.74) is 8.86. The van der Waals surface area contributed by atoms with Crippen molar-refractivity contribution >= 4 is 46.3 Å². The number of cyclic esters (lactones) is 1. The Labute approximate surface area is 377 Å². The SMILES string of the molecule is CC(Nc1ccc2c(c1)OCCn1cc(N3C(=O)OCC3C(F)F)nc1-2)C(N)=O.CCN1CCN(Cc2ccc(Nc3ncc(F)c(-c4cc(F)c5nc(C)n(C(C)C)c5c4)n3)nc2)CC1. The van der Waals surface area contributed by atoms with Crippen LogP contribution in [0.2, 0.25) is 0 Å². The topological polar surface area (TPSA) is 187 Å². The van der Waals surface area contributed by atoms with Crippen molar-refractivity contribution in [3.05, 3.63) is 84.1 Å². The molecule has 2 fully saturated rings. The van der Waals surface area contributed by atoms with Crippen LogP contribution in [0.25, 0.3) is 33.7 Å².